The Balaban J connectivity index is 1.49. The minimum absolute atomic E-state index is 0.0155. The van der Waals surface area contributed by atoms with Gasteiger partial charge in [0, 0.05) is 12.6 Å². The zero-order valence-electron chi connectivity index (χ0n) is 15.8. The summed E-state index contributed by atoms with van der Waals surface area (Å²) in [7, 11) is 0. The fraction of sp³-hybridized carbons (Fsp3) is 0.619. The lowest BCUT2D eigenvalue weighted by atomic mass is 9.83. The summed E-state index contributed by atoms with van der Waals surface area (Å²) < 4.78 is 6.20. The number of nitrogens with one attached hydrogen (secondary N) is 1. The molecule has 0 bridgehead atoms. The van der Waals surface area contributed by atoms with Gasteiger partial charge in [-0.25, -0.2) is 4.79 Å². The Morgan fingerprint density at radius 1 is 1.22 bits per heavy atom. The standard InChI is InChI=1S/C21H30N4O2/c22-12-13-24-21(26)25-14-4-7-19(23)20(25)15-27-18-10-8-17(9-11-18)16-5-2-1-3-6-16/h1-3,5-6,17-20H,4,7-11,13-15,23H2,(H,24,26)/t17-,18+,19-,20-/m0/s1. The molecular weight excluding hydrogens is 340 g/mol. The van der Waals surface area contributed by atoms with Gasteiger partial charge in [-0.3, -0.25) is 0 Å². The minimum atomic E-state index is -0.215. The summed E-state index contributed by atoms with van der Waals surface area (Å²) in [5, 5.41) is 11.3. The number of hydrogen-bond donors (Lipinski definition) is 2. The molecule has 2 amide bonds. The van der Waals surface area contributed by atoms with Gasteiger partial charge in [-0.2, -0.15) is 5.26 Å². The minimum Gasteiger partial charge on any atom is -0.376 e. The van der Waals surface area contributed by atoms with Crippen LogP contribution in [0.15, 0.2) is 30.3 Å². The molecule has 1 aliphatic heterocycles. The van der Waals surface area contributed by atoms with Crippen molar-refractivity contribution in [1.29, 1.82) is 5.26 Å². The molecule has 146 valence electrons. The zero-order chi connectivity index (χ0) is 19.1. The topological polar surface area (TPSA) is 91.4 Å². The Morgan fingerprint density at radius 3 is 2.67 bits per heavy atom. The van der Waals surface area contributed by atoms with Gasteiger partial charge in [-0.15, -0.1) is 0 Å². The van der Waals surface area contributed by atoms with E-state index in [4.69, 9.17) is 15.7 Å². The van der Waals surface area contributed by atoms with Crippen LogP contribution in [-0.2, 0) is 4.74 Å². The lowest BCUT2D eigenvalue weighted by Crippen LogP contribution is -2.59. The first-order chi connectivity index (χ1) is 13.2. The first kappa shape index (κ1) is 19.7. The molecule has 1 saturated carbocycles. The van der Waals surface area contributed by atoms with Crippen molar-refractivity contribution in [3.8, 4) is 6.07 Å². The Morgan fingerprint density at radius 2 is 1.96 bits per heavy atom. The molecule has 1 aromatic rings. The molecule has 1 aliphatic carbocycles. The fourth-order valence-electron chi connectivity index (χ4n) is 4.29. The predicted molar refractivity (Wildman–Crippen MR) is 104 cm³/mol. The SMILES string of the molecule is N#CCNC(=O)N1CCC[C@H](N)[C@@H]1CO[C@H]1CC[C@@H](c2ccccc2)CC1. The maximum absolute atomic E-state index is 12.3. The highest BCUT2D eigenvalue weighted by Crippen LogP contribution is 2.34. The second kappa shape index (κ2) is 9.72. The average Bonchev–Trinajstić information content (AvgIpc) is 2.72. The van der Waals surface area contributed by atoms with E-state index in [1.165, 1.54) is 5.56 Å². The van der Waals surface area contributed by atoms with Crippen molar-refractivity contribution in [2.24, 2.45) is 5.73 Å². The first-order valence-electron chi connectivity index (χ1n) is 10.0. The second-order valence-electron chi connectivity index (χ2n) is 7.60. The van der Waals surface area contributed by atoms with Gasteiger partial charge >= 0.3 is 6.03 Å². The molecule has 0 spiro atoms. The van der Waals surface area contributed by atoms with Crippen LogP contribution in [0.1, 0.15) is 50.0 Å². The maximum Gasteiger partial charge on any atom is 0.318 e. The van der Waals surface area contributed by atoms with E-state index in [0.29, 0.717) is 19.1 Å². The van der Waals surface area contributed by atoms with Crippen molar-refractivity contribution in [3.63, 3.8) is 0 Å². The first-order valence-corrected chi connectivity index (χ1v) is 10.0. The van der Waals surface area contributed by atoms with Gasteiger partial charge in [0.25, 0.3) is 0 Å². The van der Waals surface area contributed by atoms with Crippen molar-refractivity contribution in [1.82, 2.24) is 10.2 Å². The Bertz CT molecular complexity index is 637. The van der Waals surface area contributed by atoms with Crippen LogP contribution in [0.4, 0.5) is 4.79 Å². The smallest absolute Gasteiger partial charge is 0.318 e. The van der Waals surface area contributed by atoms with Crippen LogP contribution in [0.5, 0.6) is 0 Å². The van der Waals surface area contributed by atoms with E-state index in [9.17, 15) is 4.79 Å². The molecule has 6 heteroatoms. The van der Waals surface area contributed by atoms with E-state index >= 15 is 0 Å². The molecule has 6 nitrogen and oxygen atoms in total. The van der Waals surface area contributed by atoms with Crippen LogP contribution in [0.25, 0.3) is 0 Å². The predicted octanol–water partition coefficient (Wildman–Crippen LogP) is 2.75. The van der Waals surface area contributed by atoms with Crippen LogP contribution in [0, 0.1) is 11.3 Å². The lowest BCUT2D eigenvalue weighted by Gasteiger charge is -2.40. The summed E-state index contributed by atoms with van der Waals surface area (Å²) in [6.07, 6.45) is 6.39. The van der Waals surface area contributed by atoms with Crippen LogP contribution >= 0.6 is 0 Å². The maximum atomic E-state index is 12.3. The quantitative estimate of drug-likeness (QED) is 0.780. The van der Waals surface area contributed by atoms with Crippen molar-refractivity contribution in [2.75, 3.05) is 19.7 Å². The number of likely N-dealkylation sites (tertiary alicyclic amines) is 1. The van der Waals surface area contributed by atoms with Gasteiger partial charge in [0.1, 0.15) is 6.54 Å². The van der Waals surface area contributed by atoms with E-state index in [1.54, 1.807) is 4.90 Å². The molecule has 3 rings (SSSR count). The average molecular weight is 370 g/mol. The molecule has 0 aromatic heterocycles. The summed E-state index contributed by atoms with van der Waals surface area (Å²) in [5.74, 6) is 0.622. The van der Waals surface area contributed by atoms with E-state index in [0.717, 1.165) is 38.5 Å². The van der Waals surface area contributed by atoms with Gasteiger partial charge in [0.05, 0.1) is 24.8 Å². The van der Waals surface area contributed by atoms with Crippen LogP contribution < -0.4 is 11.1 Å². The molecule has 27 heavy (non-hydrogen) atoms. The number of nitriles is 1. The molecule has 1 saturated heterocycles. The van der Waals surface area contributed by atoms with E-state index in [1.807, 2.05) is 6.07 Å². The number of urea groups is 1. The normalized spacial score (nSPS) is 28.4. The fourth-order valence-corrected chi connectivity index (χ4v) is 4.29. The van der Waals surface area contributed by atoms with Crippen molar-refractivity contribution in [3.05, 3.63) is 35.9 Å². The van der Waals surface area contributed by atoms with Crippen molar-refractivity contribution in [2.45, 2.75) is 62.6 Å². The largest absolute Gasteiger partial charge is 0.376 e. The number of amides is 2. The number of carbonyl (C=O) groups excluding carboxylic acids is 1. The van der Waals surface area contributed by atoms with Gasteiger partial charge in [-0.05, 0) is 50.0 Å². The number of benzene rings is 1. The molecule has 0 unspecified atom stereocenters. The Hall–Kier alpha value is -2.10. The molecule has 2 aliphatic rings. The number of nitrogens with zero attached hydrogens (tertiary/aromatic N) is 2. The lowest BCUT2D eigenvalue weighted by molar-refractivity contribution is -0.0158. The third-order valence-electron chi connectivity index (χ3n) is 5.86. The summed E-state index contributed by atoms with van der Waals surface area (Å²) in [6, 6.07) is 12.2. The molecule has 0 radical (unpaired) electrons. The van der Waals surface area contributed by atoms with Crippen LogP contribution in [0.3, 0.4) is 0 Å². The highest BCUT2D eigenvalue weighted by Gasteiger charge is 2.33. The number of piperidine rings is 1. The highest BCUT2D eigenvalue weighted by molar-refractivity contribution is 5.75. The van der Waals surface area contributed by atoms with Gasteiger partial charge in [-0.1, -0.05) is 30.3 Å². The van der Waals surface area contributed by atoms with Crippen LogP contribution in [0.2, 0.25) is 0 Å². The number of nitrogens with two attached hydrogens (primary N) is 1. The van der Waals surface area contributed by atoms with Gasteiger partial charge in [0.2, 0.25) is 0 Å². The van der Waals surface area contributed by atoms with Crippen molar-refractivity contribution < 1.29 is 9.53 Å². The summed E-state index contributed by atoms with van der Waals surface area (Å²) in [4.78, 5) is 14.1. The molecular formula is C21H30N4O2. The number of hydrogen-bond acceptors (Lipinski definition) is 4. The summed E-state index contributed by atoms with van der Waals surface area (Å²) >= 11 is 0. The third kappa shape index (κ3) is 5.21. The molecule has 1 aromatic carbocycles. The summed E-state index contributed by atoms with van der Waals surface area (Å²) in [5.41, 5.74) is 7.70. The third-order valence-corrected chi connectivity index (χ3v) is 5.86. The van der Waals surface area contributed by atoms with E-state index < -0.39 is 0 Å². The van der Waals surface area contributed by atoms with Crippen LogP contribution in [-0.4, -0.2) is 48.8 Å². The summed E-state index contributed by atoms with van der Waals surface area (Å²) in [6.45, 7) is 1.16. The van der Waals surface area contributed by atoms with Gasteiger partial charge < -0.3 is 20.7 Å². The number of ether oxygens (including phenoxy) is 1. The number of carbonyl (C=O) groups is 1. The van der Waals surface area contributed by atoms with Crippen molar-refractivity contribution >= 4 is 6.03 Å². The van der Waals surface area contributed by atoms with E-state index in [2.05, 4.69) is 35.6 Å². The molecule has 2 fully saturated rings. The second-order valence-corrected chi connectivity index (χ2v) is 7.60. The Labute approximate surface area is 161 Å². The monoisotopic (exact) mass is 370 g/mol. The zero-order valence-corrected chi connectivity index (χ0v) is 15.8. The van der Waals surface area contributed by atoms with Gasteiger partial charge in [0.15, 0.2) is 0 Å². The Kier molecular flexibility index (Phi) is 7.08. The highest BCUT2D eigenvalue weighted by atomic mass is 16.5. The molecule has 3 N–H and O–H groups in total. The van der Waals surface area contributed by atoms with E-state index in [-0.39, 0.29) is 30.8 Å². The molecule has 1 heterocycles. The molecule has 2 atom stereocenters. The number of rotatable bonds is 5.